The third kappa shape index (κ3) is 3.16. The largest absolute Gasteiger partial charge is 0.480 e. The van der Waals surface area contributed by atoms with Gasteiger partial charge in [0.25, 0.3) is 5.91 Å². The van der Waals surface area contributed by atoms with E-state index in [1.165, 1.54) is 6.07 Å². The number of aromatic nitrogens is 1. The topological polar surface area (TPSA) is 68.5 Å². The van der Waals surface area contributed by atoms with Gasteiger partial charge >= 0.3 is 0 Å². The number of ether oxygens (including phenoxy) is 1. The fraction of sp³-hybridized carbons (Fsp3) is 0.182. The van der Waals surface area contributed by atoms with Crippen molar-refractivity contribution in [2.75, 3.05) is 11.4 Å². The molecule has 1 unspecified atom stereocenters. The summed E-state index contributed by atoms with van der Waals surface area (Å²) >= 11 is 0.847. The summed E-state index contributed by atoms with van der Waals surface area (Å²) in [7, 11) is 0. The van der Waals surface area contributed by atoms with Gasteiger partial charge in [-0.3, -0.25) is 14.9 Å². The van der Waals surface area contributed by atoms with Gasteiger partial charge in [0.1, 0.15) is 11.6 Å². The average Bonchev–Trinajstić information content (AvgIpc) is 3.36. The molecule has 0 bridgehead atoms. The Morgan fingerprint density at radius 3 is 2.90 bits per heavy atom. The van der Waals surface area contributed by atoms with Crippen molar-refractivity contribution in [3.8, 4) is 17.0 Å². The maximum Gasteiger partial charge on any atom is 0.268 e. The van der Waals surface area contributed by atoms with Crippen LogP contribution in [0.25, 0.3) is 11.3 Å². The molecular weight excluding hydrogens is 389 g/mol. The van der Waals surface area contributed by atoms with Crippen LogP contribution >= 0.6 is 11.9 Å². The molecule has 2 aliphatic heterocycles. The van der Waals surface area contributed by atoms with Crippen LogP contribution in [0.2, 0.25) is 0 Å². The van der Waals surface area contributed by atoms with E-state index in [9.17, 15) is 9.18 Å². The normalized spacial score (nSPS) is 17.0. The zero-order chi connectivity index (χ0) is 20.0. The third-order valence-corrected chi connectivity index (χ3v) is 5.97. The smallest absolute Gasteiger partial charge is 0.268 e. The molecule has 29 heavy (non-hydrogen) atoms. The first kappa shape index (κ1) is 18.1. The van der Waals surface area contributed by atoms with Crippen molar-refractivity contribution < 1.29 is 13.9 Å². The van der Waals surface area contributed by atoms with Crippen molar-refractivity contribution >= 4 is 23.5 Å². The predicted octanol–water partition coefficient (Wildman–Crippen LogP) is 3.75. The van der Waals surface area contributed by atoms with Gasteiger partial charge in [-0.2, -0.15) is 0 Å². The second-order valence-electron chi connectivity index (χ2n) is 7.12. The number of carbonyl (C=O) groups excluding carboxylic acids is 1. The molecule has 1 amide bonds. The van der Waals surface area contributed by atoms with Gasteiger partial charge in [-0.1, -0.05) is 18.2 Å². The summed E-state index contributed by atoms with van der Waals surface area (Å²) in [6.07, 6.45) is 2.30. The van der Waals surface area contributed by atoms with E-state index >= 15 is 0 Å². The molecule has 1 atom stereocenters. The van der Waals surface area contributed by atoms with Gasteiger partial charge < -0.3 is 9.64 Å². The van der Waals surface area contributed by atoms with E-state index in [-0.39, 0.29) is 11.7 Å². The Morgan fingerprint density at radius 2 is 2.10 bits per heavy atom. The number of rotatable bonds is 3. The Labute approximate surface area is 171 Å². The molecule has 146 valence electrons. The van der Waals surface area contributed by atoms with Crippen LogP contribution < -0.4 is 14.8 Å². The van der Waals surface area contributed by atoms with Gasteiger partial charge in [-0.05, 0) is 59.8 Å². The van der Waals surface area contributed by atoms with Gasteiger partial charge in [-0.25, -0.2) is 4.39 Å². The van der Waals surface area contributed by atoms with Crippen molar-refractivity contribution in [3.63, 3.8) is 0 Å². The lowest BCUT2D eigenvalue weighted by Crippen LogP contribution is -2.40. The zero-order valence-electron chi connectivity index (χ0n) is 15.5. The monoisotopic (exact) mass is 407 g/mol. The van der Waals surface area contributed by atoms with Crippen molar-refractivity contribution in [2.24, 2.45) is 5.14 Å². The summed E-state index contributed by atoms with van der Waals surface area (Å²) in [5.74, 6) is 0.249. The molecule has 7 heteroatoms. The van der Waals surface area contributed by atoms with E-state index in [0.717, 1.165) is 40.0 Å². The number of anilines is 1. The molecule has 0 spiro atoms. The van der Waals surface area contributed by atoms with Crippen LogP contribution in [0.15, 0.2) is 59.6 Å². The van der Waals surface area contributed by atoms with Crippen molar-refractivity contribution in [1.29, 1.82) is 0 Å². The van der Waals surface area contributed by atoms with Crippen LogP contribution in [0.3, 0.4) is 0 Å². The van der Waals surface area contributed by atoms with E-state index in [1.807, 2.05) is 36.4 Å². The molecule has 2 aliphatic rings. The molecule has 5 nitrogen and oxygen atoms in total. The Hall–Kier alpha value is -2.90. The summed E-state index contributed by atoms with van der Waals surface area (Å²) in [6, 6.07) is 14.8. The summed E-state index contributed by atoms with van der Waals surface area (Å²) in [5.41, 5.74) is 4.35. The number of halogens is 1. The first-order valence-corrected chi connectivity index (χ1v) is 10.2. The molecule has 2 aromatic carbocycles. The van der Waals surface area contributed by atoms with Gasteiger partial charge in [0.15, 0.2) is 6.10 Å². The summed E-state index contributed by atoms with van der Waals surface area (Å²) in [6.45, 7) is 0.516. The molecule has 5 rings (SSSR count). The Balaban J connectivity index is 1.39. The third-order valence-electron chi connectivity index (χ3n) is 5.40. The number of benzene rings is 2. The van der Waals surface area contributed by atoms with E-state index in [4.69, 9.17) is 9.88 Å². The fourth-order valence-electron chi connectivity index (χ4n) is 3.94. The molecule has 3 aromatic rings. The van der Waals surface area contributed by atoms with E-state index in [0.29, 0.717) is 30.0 Å². The number of hydrogen-bond donors (Lipinski definition) is 1. The highest BCUT2D eigenvalue weighted by atomic mass is 32.2. The maximum absolute atomic E-state index is 14.0. The number of nitrogens with two attached hydrogens (primary N) is 1. The maximum atomic E-state index is 14.0. The standard InChI is InChI=1S/C22H18FN3O2S/c23-16-9-14-6-8-26(18(14)12-21(16)29-24)22(27)20-11-15-5-4-13(10-19(15)28-20)17-3-1-2-7-25-17/h1-5,7,9-10,12,20H,6,8,11,24H2. The molecule has 3 heterocycles. The molecular formula is C22H18FN3O2S. The first-order chi connectivity index (χ1) is 14.1. The molecule has 0 radical (unpaired) electrons. The highest BCUT2D eigenvalue weighted by Crippen LogP contribution is 2.37. The van der Waals surface area contributed by atoms with Crippen LogP contribution in [-0.2, 0) is 17.6 Å². The minimum atomic E-state index is -0.589. The lowest BCUT2D eigenvalue weighted by molar-refractivity contribution is -0.124. The van der Waals surface area contributed by atoms with Crippen LogP contribution in [0.5, 0.6) is 5.75 Å². The Morgan fingerprint density at radius 1 is 1.21 bits per heavy atom. The van der Waals surface area contributed by atoms with Gasteiger partial charge in [0.05, 0.1) is 10.6 Å². The second-order valence-corrected chi connectivity index (χ2v) is 7.79. The minimum Gasteiger partial charge on any atom is -0.480 e. The Kier molecular flexibility index (Phi) is 4.49. The van der Waals surface area contributed by atoms with E-state index in [1.54, 1.807) is 17.2 Å². The summed E-state index contributed by atoms with van der Waals surface area (Å²) in [4.78, 5) is 19.6. The zero-order valence-corrected chi connectivity index (χ0v) is 16.3. The first-order valence-electron chi connectivity index (χ1n) is 9.35. The van der Waals surface area contributed by atoms with Crippen LogP contribution in [0.1, 0.15) is 11.1 Å². The number of nitrogens with zero attached hydrogens (tertiary/aromatic N) is 2. The van der Waals surface area contributed by atoms with Crippen molar-refractivity contribution in [2.45, 2.75) is 23.8 Å². The Bertz CT molecular complexity index is 1110. The molecule has 1 aromatic heterocycles. The number of pyridine rings is 1. The number of hydrogen-bond acceptors (Lipinski definition) is 5. The molecule has 2 N–H and O–H groups in total. The highest BCUT2D eigenvalue weighted by molar-refractivity contribution is 7.97. The lowest BCUT2D eigenvalue weighted by Gasteiger charge is -2.21. The van der Waals surface area contributed by atoms with E-state index in [2.05, 4.69) is 4.98 Å². The number of fused-ring (bicyclic) bond motifs is 2. The average molecular weight is 407 g/mol. The fourth-order valence-corrected chi connectivity index (χ4v) is 4.29. The van der Waals surface area contributed by atoms with Gasteiger partial charge in [-0.15, -0.1) is 0 Å². The van der Waals surface area contributed by atoms with Crippen LogP contribution in [-0.4, -0.2) is 23.5 Å². The van der Waals surface area contributed by atoms with Crippen LogP contribution in [0, 0.1) is 5.82 Å². The van der Waals surface area contributed by atoms with Crippen LogP contribution in [0.4, 0.5) is 10.1 Å². The predicted molar refractivity (Wildman–Crippen MR) is 110 cm³/mol. The molecule has 0 fully saturated rings. The van der Waals surface area contributed by atoms with Crippen molar-refractivity contribution in [1.82, 2.24) is 4.98 Å². The van der Waals surface area contributed by atoms with Gasteiger partial charge in [0.2, 0.25) is 0 Å². The SMILES string of the molecule is NSc1cc2c(cc1F)CCN2C(=O)C1Cc2ccc(-c3ccccn3)cc2O1. The molecule has 0 saturated carbocycles. The molecule has 0 aliphatic carbocycles. The summed E-state index contributed by atoms with van der Waals surface area (Å²) in [5, 5.41) is 5.55. The van der Waals surface area contributed by atoms with Crippen molar-refractivity contribution in [3.05, 3.63) is 71.7 Å². The minimum absolute atomic E-state index is 0.112. The highest BCUT2D eigenvalue weighted by Gasteiger charge is 2.36. The lowest BCUT2D eigenvalue weighted by atomic mass is 10.0. The quantitative estimate of drug-likeness (QED) is 0.670. The number of carbonyl (C=O) groups is 1. The molecule has 0 saturated heterocycles. The van der Waals surface area contributed by atoms with Gasteiger partial charge in [0, 0.05) is 30.4 Å². The number of amides is 1. The summed E-state index contributed by atoms with van der Waals surface area (Å²) < 4.78 is 20.0. The van der Waals surface area contributed by atoms with E-state index < -0.39 is 6.10 Å². The second kappa shape index (κ2) is 7.17.